The molecule has 0 aliphatic carbocycles. The molecule has 0 radical (unpaired) electrons. The Hall–Kier alpha value is -0.0800. The minimum Gasteiger partial charge on any atom is -0.381 e. The average molecular weight is 144 g/mol. The number of rotatable bonds is 1. The number of hydrogen-bond acceptors (Lipinski definition) is 2. The van der Waals surface area contributed by atoms with Crippen molar-refractivity contribution in [2.24, 2.45) is 0 Å². The van der Waals surface area contributed by atoms with E-state index in [1.54, 1.807) is 7.11 Å². The molecule has 10 heavy (non-hydrogen) atoms. The van der Waals surface area contributed by atoms with Crippen LogP contribution in [-0.2, 0) is 9.47 Å². The number of methoxy groups -OCH3 is 1. The molecule has 3 atom stereocenters. The fraction of sp³-hybridized carbons (Fsp3) is 1.00. The first-order chi connectivity index (χ1) is 4.72. The van der Waals surface area contributed by atoms with Gasteiger partial charge < -0.3 is 9.47 Å². The van der Waals surface area contributed by atoms with Crippen LogP contribution >= 0.6 is 0 Å². The quantitative estimate of drug-likeness (QED) is 0.556. The summed E-state index contributed by atoms with van der Waals surface area (Å²) in [5, 5.41) is 0. The summed E-state index contributed by atoms with van der Waals surface area (Å²) in [6.07, 6.45) is 3.24. The zero-order valence-electron chi connectivity index (χ0n) is 6.96. The maximum Gasteiger partial charge on any atom is 0.0620 e. The summed E-state index contributed by atoms with van der Waals surface area (Å²) in [7, 11) is 1.77. The van der Waals surface area contributed by atoms with Crippen molar-refractivity contribution in [3.8, 4) is 0 Å². The van der Waals surface area contributed by atoms with E-state index in [1.165, 1.54) is 0 Å². The molecule has 0 spiro atoms. The van der Waals surface area contributed by atoms with Crippen LogP contribution in [0.25, 0.3) is 0 Å². The standard InChI is InChI=1S/C8H16O2/c1-6-4-8(9-3)5-7(2)10-6/h6-8H,4-5H2,1-3H3/t6-,7?,8?/m1/s1. The van der Waals surface area contributed by atoms with E-state index >= 15 is 0 Å². The summed E-state index contributed by atoms with van der Waals surface area (Å²) < 4.78 is 10.8. The van der Waals surface area contributed by atoms with E-state index < -0.39 is 0 Å². The second-order valence-electron chi connectivity index (χ2n) is 3.09. The van der Waals surface area contributed by atoms with E-state index in [9.17, 15) is 0 Å². The third-order valence-corrected chi connectivity index (χ3v) is 1.99. The van der Waals surface area contributed by atoms with Gasteiger partial charge in [0.25, 0.3) is 0 Å². The molecule has 2 unspecified atom stereocenters. The normalized spacial score (nSPS) is 41.7. The molecular formula is C8H16O2. The Morgan fingerprint density at radius 3 is 2.10 bits per heavy atom. The highest BCUT2D eigenvalue weighted by Gasteiger charge is 2.23. The van der Waals surface area contributed by atoms with Gasteiger partial charge in [0.05, 0.1) is 18.3 Å². The highest BCUT2D eigenvalue weighted by atomic mass is 16.5. The van der Waals surface area contributed by atoms with Crippen LogP contribution in [0.5, 0.6) is 0 Å². The summed E-state index contributed by atoms with van der Waals surface area (Å²) in [6, 6.07) is 0. The first kappa shape index (κ1) is 8.02. The molecule has 0 aromatic heterocycles. The van der Waals surface area contributed by atoms with Crippen LogP contribution in [0, 0.1) is 0 Å². The van der Waals surface area contributed by atoms with Crippen LogP contribution in [0.1, 0.15) is 26.7 Å². The molecule has 0 amide bonds. The monoisotopic (exact) mass is 144 g/mol. The van der Waals surface area contributed by atoms with Gasteiger partial charge in [0.15, 0.2) is 0 Å². The Kier molecular flexibility index (Phi) is 2.69. The molecule has 1 aliphatic rings. The highest BCUT2D eigenvalue weighted by molar-refractivity contribution is 4.72. The molecular weight excluding hydrogens is 128 g/mol. The zero-order valence-corrected chi connectivity index (χ0v) is 6.96. The Morgan fingerprint density at radius 1 is 1.20 bits per heavy atom. The summed E-state index contributed by atoms with van der Waals surface area (Å²) >= 11 is 0. The average Bonchev–Trinajstić information content (AvgIpc) is 1.85. The summed E-state index contributed by atoms with van der Waals surface area (Å²) in [4.78, 5) is 0. The fourth-order valence-corrected chi connectivity index (χ4v) is 1.54. The summed E-state index contributed by atoms with van der Waals surface area (Å²) in [5.74, 6) is 0. The van der Waals surface area contributed by atoms with Gasteiger partial charge in [-0.1, -0.05) is 0 Å². The Labute approximate surface area is 62.5 Å². The molecule has 0 saturated carbocycles. The molecule has 1 saturated heterocycles. The van der Waals surface area contributed by atoms with Crippen LogP contribution in [-0.4, -0.2) is 25.4 Å². The minimum atomic E-state index is 0.369. The van der Waals surface area contributed by atoms with Crippen molar-refractivity contribution in [1.29, 1.82) is 0 Å². The Balaban J connectivity index is 2.35. The van der Waals surface area contributed by atoms with Gasteiger partial charge in [-0.2, -0.15) is 0 Å². The van der Waals surface area contributed by atoms with E-state index in [1.807, 2.05) is 0 Å². The third-order valence-electron chi connectivity index (χ3n) is 1.99. The maximum atomic E-state index is 5.54. The van der Waals surface area contributed by atoms with Gasteiger partial charge in [-0.15, -0.1) is 0 Å². The van der Waals surface area contributed by atoms with Crippen LogP contribution in [0.3, 0.4) is 0 Å². The molecule has 1 heterocycles. The third kappa shape index (κ3) is 1.96. The predicted molar refractivity (Wildman–Crippen MR) is 40.0 cm³/mol. The van der Waals surface area contributed by atoms with Crippen molar-refractivity contribution in [1.82, 2.24) is 0 Å². The van der Waals surface area contributed by atoms with E-state index in [2.05, 4.69) is 13.8 Å². The van der Waals surface area contributed by atoms with Gasteiger partial charge in [0.2, 0.25) is 0 Å². The molecule has 2 nitrogen and oxygen atoms in total. The lowest BCUT2D eigenvalue weighted by Crippen LogP contribution is -2.33. The van der Waals surface area contributed by atoms with Gasteiger partial charge in [0.1, 0.15) is 0 Å². The summed E-state index contributed by atoms with van der Waals surface area (Å²) in [5.41, 5.74) is 0. The van der Waals surface area contributed by atoms with Crippen molar-refractivity contribution in [2.45, 2.75) is 45.0 Å². The number of hydrogen-bond donors (Lipinski definition) is 0. The van der Waals surface area contributed by atoms with E-state index in [4.69, 9.17) is 9.47 Å². The largest absolute Gasteiger partial charge is 0.381 e. The molecule has 0 aromatic rings. The zero-order chi connectivity index (χ0) is 7.56. The van der Waals surface area contributed by atoms with Gasteiger partial charge in [-0.05, 0) is 26.7 Å². The van der Waals surface area contributed by atoms with Gasteiger partial charge in [-0.25, -0.2) is 0 Å². The van der Waals surface area contributed by atoms with E-state index in [-0.39, 0.29) is 0 Å². The van der Waals surface area contributed by atoms with Crippen molar-refractivity contribution in [3.05, 3.63) is 0 Å². The van der Waals surface area contributed by atoms with E-state index in [0.29, 0.717) is 18.3 Å². The smallest absolute Gasteiger partial charge is 0.0620 e. The molecule has 2 heteroatoms. The Morgan fingerprint density at radius 2 is 1.70 bits per heavy atom. The van der Waals surface area contributed by atoms with Gasteiger partial charge >= 0.3 is 0 Å². The topological polar surface area (TPSA) is 18.5 Å². The fourth-order valence-electron chi connectivity index (χ4n) is 1.54. The molecule has 0 bridgehead atoms. The van der Waals surface area contributed by atoms with Gasteiger partial charge in [0, 0.05) is 7.11 Å². The highest BCUT2D eigenvalue weighted by Crippen LogP contribution is 2.20. The SMILES string of the molecule is COC1CC(C)O[C@H](C)C1. The maximum absolute atomic E-state index is 5.54. The van der Waals surface area contributed by atoms with Crippen molar-refractivity contribution in [3.63, 3.8) is 0 Å². The second-order valence-corrected chi connectivity index (χ2v) is 3.09. The van der Waals surface area contributed by atoms with Gasteiger partial charge in [-0.3, -0.25) is 0 Å². The van der Waals surface area contributed by atoms with Crippen molar-refractivity contribution in [2.75, 3.05) is 7.11 Å². The van der Waals surface area contributed by atoms with Crippen LogP contribution in [0.15, 0.2) is 0 Å². The molecule has 1 rings (SSSR count). The molecule has 0 N–H and O–H groups in total. The number of ether oxygens (including phenoxy) is 2. The predicted octanol–water partition coefficient (Wildman–Crippen LogP) is 1.59. The molecule has 60 valence electrons. The van der Waals surface area contributed by atoms with Crippen LogP contribution < -0.4 is 0 Å². The lowest BCUT2D eigenvalue weighted by Gasteiger charge is -2.30. The van der Waals surface area contributed by atoms with Crippen LogP contribution in [0.2, 0.25) is 0 Å². The summed E-state index contributed by atoms with van der Waals surface area (Å²) in [6.45, 7) is 4.20. The first-order valence-electron chi connectivity index (χ1n) is 3.90. The second kappa shape index (κ2) is 3.35. The molecule has 1 fully saturated rings. The Bertz CT molecular complexity index is 93.4. The lowest BCUT2D eigenvalue weighted by atomic mass is 10.0. The lowest BCUT2D eigenvalue weighted by molar-refractivity contribution is -0.0907. The molecule has 0 aromatic carbocycles. The van der Waals surface area contributed by atoms with E-state index in [0.717, 1.165) is 12.8 Å². The van der Waals surface area contributed by atoms with Crippen molar-refractivity contribution < 1.29 is 9.47 Å². The van der Waals surface area contributed by atoms with Crippen LogP contribution in [0.4, 0.5) is 0 Å². The first-order valence-corrected chi connectivity index (χ1v) is 3.90. The minimum absolute atomic E-state index is 0.369. The molecule has 1 aliphatic heterocycles. The van der Waals surface area contributed by atoms with Crippen molar-refractivity contribution >= 4 is 0 Å².